The van der Waals surface area contributed by atoms with Gasteiger partial charge in [-0.1, -0.05) is 19.9 Å². The van der Waals surface area contributed by atoms with Gasteiger partial charge < -0.3 is 20.1 Å². The van der Waals surface area contributed by atoms with Crippen LogP contribution in [0.1, 0.15) is 25.0 Å². The molecule has 1 rings (SSSR count). The summed E-state index contributed by atoms with van der Waals surface area (Å²) in [6.07, 6.45) is -0.575. The molecule has 0 aliphatic carbocycles. The Labute approximate surface area is 127 Å². The Bertz CT molecular complexity index is 483. The van der Waals surface area contributed by atoms with Crippen molar-refractivity contribution in [1.82, 2.24) is 5.32 Å². The molecule has 5 heteroatoms. The summed E-state index contributed by atoms with van der Waals surface area (Å²) in [6.45, 7) is 5.62. The number of likely N-dealkylation sites (N-methyl/N-ethyl adjacent to an activating group) is 1. The highest BCUT2D eigenvalue weighted by atomic mass is 16.5. The van der Waals surface area contributed by atoms with Crippen molar-refractivity contribution in [3.8, 4) is 6.07 Å². The van der Waals surface area contributed by atoms with Gasteiger partial charge in [0.05, 0.1) is 24.0 Å². The van der Waals surface area contributed by atoms with E-state index in [1.807, 2.05) is 30.1 Å². The zero-order valence-electron chi connectivity index (χ0n) is 13.3. The second-order valence-corrected chi connectivity index (χ2v) is 5.49. The fourth-order valence-corrected chi connectivity index (χ4v) is 2.10. The third-order valence-electron chi connectivity index (χ3n) is 3.15. The summed E-state index contributed by atoms with van der Waals surface area (Å²) >= 11 is 0. The predicted octanol–water partition coefficient (Wildman–Crippen LogP) is 1.50. The molecular weight excluding hydrogens is 266 g/mol. The van der Waals surface area contributed by atoms with Gasteiger partial charge in [-0.05, 0) is 17.7 Å². The number of benzene rings is 1. The lowest BCUT2D eigenvalue weighted by Gasteiger charge is -2.23. The highest BCUT2D eigenvalue weighted by Crippen LogP contribution is 2.20. The molecule has 0 spiro atoms. The topological polar surface area (TPSA) is 68.5 Å². The lowest BCUT2D eigenvalue weighted by atomic mass is 10.1. The van der Waals surface area contributed by atoms with Crippen LogP contribution in [0.15, 0.2) is 18.2 Å². The molecule has 0 fully saturated rings. The summed E-state index contributed by atoms with van der Waals surface area (Å²) in [5, 5.41) is 22.4. The third kappa shape index (κ3) is 5.72. The van der Waals surface area contributed by atoms with Crippen LogP contribution >= 0.6 is 0 Å². The first kappa shape index (κ1) is 17.4. The number of aliphatic hydroxyl groups excluding tert-OH is 1. The average molecular weight is 291 g/mol. The third-order valence-corrected chi connectivity index (χ3v) is 3.15. The van der Waals surface area contributed by atoms with Crippen LogP contribution in [-0.2, 0) is 11.3 Å². The number of rotatable bonds is 8. The molecule has 21 heavy (non-hydrogen) atoms. The molecule has 0 aromatic heterocycles. The number of nitrogens with zero attached hydrogens (tertiary/aromatic N) is 2. The van der Waals surface area contributed by atoms with Gasteiger partial charge in [-0.25, -0.2) is 0 Å². The van der Waals surface area contributed by atoms with E-state index in [4.69, 9.17) is 4.74 Å². The van der Waals surface area contributed by atoms with Crippen LogP contribution in [0.25, 0.3) is 0 Å². The molecule has 1 atom stereocenters. The number of methoxy groups -OCH3 is 1. The van der Waals surface area contributed by atoms with Crippen LogP contribution in [0.4, 0.5) is 5.69 Å². The Balaban J connectivity index is 2.81. The van der Waals surface area contributed by atoms with E-state index in [2.05, 4.69) is 25.2 Å². The second kappa shape index (κ2) is 8.63. The van der Waals surface area contributed by atoms with Gasteiger partial charge in [0, 0.05) is 33.3 Å². The Morgan fingerprint density at radius 3 is 2.71 bits per heavy atom. The first-order valence-electron chi connectivity index (χ1n) is 7.12. The Kier molecular flexibility index (Phi) is 7.17. The molecule has 1 aromatic rings. The van der Waals surface area contributed by atoms with Crippen molar-refractivity contribution in [3.63, 3.8) is 0 Å². The van der Waals surface area contributed by atoms with Crippen LogP contribution in [0.3, 0.4) is 0 Å². The van der Waals surface area contributed by atoms with Gasteiger partial charge in [-0.3, -0.25) is 0 Å². The normalized spacial score (nSPS) is 12.2. The summed E-state index contributed by atoms with van der Waals surface area (Å²) in [5.74, 6) is 0. The molecule has 0 heterocycles. The zero-order chi connectivity index (χ0) is 15.8. The minimum Gasteiger partial charge on any atom is -0.389 e. The molecule has 116 valence electrons. The predicted molar refractivity (Wildman–Crippen MR) is 84.3 cm³/mol. The average Bonchev–Trinajstić information content (AvgIpc) is 2.44. The van der Waals surface area contributed by atoms with E-state index in [9.17, 15) is 10.4 Å². The standard InChI is InChI=1S/C16H25N3O2/c1-12(2)18-9-13-5-6-16(14(7-13)8-17)19(3)10-15(20)11-21-4/h5-7,12,15,18,20H,9-11H2,1-4H3. The lowest BCUT2D eigenvalue weighted by Crippen LogP contribution is -2.32. The lowest BCUT2D eigenvalue weighted by molar-refractivity contribution is 0.0695. The van der Waals surface area contributed by atoms with Crippen LogP contribution < -0.4 is 10.2 Å². The molecule has 2 N–H and O–H groups in total. The van der Waals surface area contributed by atoms with E-state index in [0.717, 1.165) is 17.8 Å². The number of nitriles is 1. The number of ether oxygens (including phenoxy) is 1. The molecule has 1 unspecified atom stereocenters. The molecule has 0 amide bonds. The molecule has 0 aliphatic rings. The van der Waals surface area contributed by atoms with E-state index in [-0.39, 0.29) is 6.61 Å². The Morgan fingerprint density at radius 1 is 1.43 bits per heavy atom. The van der Waals surface area contributed by atoms with E-state index in [1.54, 1.807) is 7.11 Å². The molecule has 0 saturated heterocycles. The van der Waals surface area contributed by atoms with Crippen molar-refractivity contribution in [2.24, 2.45) is 0 Å². The smallest absolute Gasteiger partial charge is 0.101 e. The maximum absolute atomic E-state index is 9.78. The van der Waals surface area contributed by atoms with Gasteiger partial charge in [-0.15, -0.1) is 0 Å². The summed E-state index contributed by atoms with van der Waals surface area (Å²) in [7, 11) is 3.42. The van der Waals surface area contributed by atoms with Gasteiger partial charge in [0.1, 0.15) is 6.07 Å². The highest BCUT2D eigenvalue weighted by Gasteiger charge is 2.12. The van der Waals surface area contributed by atoms with Gasteiger partial charge in [0.2, 0.25) is 0 Å². The summed E-state index contributed by atoms with van der Waals surface area (Å²) < 4.78 is 4.92. The van der Waals surface area contributed by atoms with Crippen molar-refractivity contribution in [1.29, 1.82) is 5.26 Å². The number of hydrogen-bond acceptors (Lipinski definition) is 5. The van der Waals surface area contributed by atoms with Gasteiger partial charge in [0.15, 0.2) is 0 Å². The summed E-state index contributed by atoms with van der Waals surface area (Å²) in [5.41, 5.74) is 2.51. The van der Waals surface area contributed by atoms with Crippen LogP contribution in [0.2, 0.25) is 0 Å². The largest absolute Gasteiger partial charge is 0.389 e. The summed E-state index contributed by atoms with van der Waals surface area (Å²) in [4.78, 5) is 1.88. The van der Waals surface area contributed by atoms with Crippen LogP contribution in [0.5, 0.6) is 0 Å². The zero-order valence-corrected chi connectivity index (χ0v) is 13.3. The second-order valence-electron chi connectivity index (χ2n) is 5.49. The molecule has 0 saturated carbocycles. The van der Waals surface area contributed by atoms with Gasteiger partial charge >= 0.3 is 0 Å². The molecule has 0 radical (unpaired) electrons. The van der Waals surface area contributed by atoms with E-state index in [0.29, 0.717) is 18.2 Å². The SMILES string of the molecule is COCC(O)CN(C)c1ccc(CNC(C)C)cc1C#N. The van der Waals surface area contributed by atoms with Gasteiger partial charge in [-0.2, -0.15) is 5.26 Å². The minimum absolute atomic E-state index is 0.280. The molecule has 1 aromatic carbocycles. The maximum atomic E-state index is 9.78. The highest BCUT2D eigenvalue weighted by molar-refractivity contribution is 5.60. The summed E-state index contributed by atoms with van der Waals surface area (Å²) in [6, 6.07) is 8.46. The van der Waals surface area contributed by atoms with Crippen molar-refractivity contribution < 1.29 is 9.84 Å². The number of hydrogen-bond donors (Lipinski definition) is 2. The Hall–Kier alpha value is -1.61. The van der Waals surface area contributed by atoms with Crippen molar-refractivity contribution in [2.45, 2.75) is 32.5 Å². The Morgan fingerprint density at radius 2 is 2.14 bits per heavy atom. The van der Waals surface area contributed by atoms with Crippen molar-refractivity contribution in [3.05, 3.63) is 29.3 Å². The van der Waals surface area contributed by atoms with Crippen molar-refractivity contribution >= 4 is 5.69 Å². The van der Waals surface area contributed by atoms with E-state index in [1.165, 1.54) is 0 Å². The molecular formula is C16H25N3O2. The maximum Gasteiger partial charge on any atom is 0.101 e. The van der Waals surface area contributed by atoms with E-state index >= 15 is 0 Å². The fourth-order valence-electron chi connectivity index (χ4n) is 2.10. The molecule has 0 aliphatic heterocycles. The minimum atomic E-state index is -0.575. The van der Waals surface area contributed by atoms with Gasteiger partial charge in [0.25, 0.3) is 0 Å². The van der Waals surface area contributed by atoms with Crippen LogP contribution in [0, 0.1) is 11.3 Å². The fraction of sp³-hybridized carbons (Fsp3) is 0.562. The quantitative estimate of drug-likeness (QED) is 0.759. The first-order chi connectivity index (χ1) is 9.97. The number of anilines is 1. The monoisotopic (exact) mass is 291 g/mol. The number of nitrogens with one attached hydrogen (secondary N) is 1. The van der Waals surface area contributed by atoms with Crippen LogP contribution in [-0.4, -0.2) is 44.6 Å². The first-order valence-corrected chi connectivity index (χ1v) is 7.12. The number of aliphatic hydroxyl groups is 1. The molecule has 0 bridgehead atoms. The van der Waals surface area contributed by atoms with Crippen molar-refractivity contribution in [2.75, 3.05) is 32.2 Å². The van der Waals surface area contributed by atoms with E-state index < -0.39 is 6.10 Å². The molecule has 5 nitrogen and oxygen atoms in total.